The Morgan fingerprint density at radius 3 is 2.05 bits per heavy atom. The number of rotatable bonds is 6. The predicted molar refractivity (Wildman–Crippen MR) is 63.6 cm³/mol. The smallest absolute Gasteiger partial charge is 0.310 e. The third-order valence-corrected chi connectivity index (χ3v) is 3.78. The van der Waals surface area contributed by atoms with Gasteiger partial charge in [-0.2, -0.15) is 8.42 Å². The highest BCUT2D eigenvalue weighted by Gasteiger charge is 2.17. The van der Waals surface area contributed by atoms with Gasteiger partial charge in [0.05, 0.1) is 12.0 Å². The summed E-state index contributed by atoms with van der Waals surface area (Å²) in [5, 5.41) is 0. The summed E-state index contributed by atoms with van der Waals surface area (Å²) in [7, 11) is -7.86. The van der Waals surface area contributed by atoms with Gasteiger partial charge in [0.15, 0.2) is 17.5 Å². The molecule has 0 saturated heterocycles. The number of sulfonamides is 1. The van der Waals surface area contributed by atoms with Crippen LogP contribution in [0.3, 0.4) is 0 Å². The maximum Gasteiger partial charge on any atom is 0.310 e. The molecule has 11 heteroatoms. The zero-order valence-electron chi connectivity index (χ0n) is 10.1. The van der Waals surface area contributed by atoms with Crippen molar-refractivity contribution < 1.29 is 34.2 Å². The maximum absolute atomic E-state index is 12.8. The van der Waals surface area contributed by atoms with Gasteiger partial charge in [-0.05, 0) is 0 Å². The van der Waals surface area contributed by atoms with Gasteiger partial charge < -0.3 is 4.18 Å². The molecule has 0 aromatic heterocycles. The van der Waals surface area contributed by atoms with Crippen LogP contribution in [-0.2, 0) is 20.1 Å². The Morgan fingerprint density at radius 1 is 1.10 bits per heavy atom. The normalized spacial score (nSPS) is 12.4. The van der Waals surface area contributed by atoms with Crippen LogP contribution in [0.5, 0.6) is 5.75 Å². The second-order valence-electron chi connectivity index (χ2n) is 3.71. The van der Waals surface area contributed by atoms with E-state index in [4.69, 9.17) is 0 Å². The average Bonchev–Trinajstić information content (AvgIpc) is 2.22. The Kier molecular flexibility index (Phi) is 5.00. The van der Waals surface area contributed by atoms with E-state index in [9.17, 15) is 30.0 Å². The molecule has 0 aliphatic rings. The Balaban J connectivity index is 2.77. The summed E-state index contributed by atoms with van der Waals surface area (Å²) >= 11 is 0. The fourth-order valence-electron chi connectivity index (χ4n) is 1.12. The Morgan fingerprint density at radius 2 is 1.60 bits per heavy atom. The first kappa shape index (κ1) is 16.7. The zero-order chi connectivity index (χ0) is 15.6. The molecule has 0 amide bonds. The molecule has 0 atom stereocenters. The van der Waals surface area contributed by atoms with Crippen LogP contribution in [0.25, 0.3) is 0 Å². The number of benzene rings is 1. The van der Waals surface area contributed by atoms with Crippen molar-refractivity contribution in [1.82, 2.24) is 4.72 Å². The number of hydrogen-bond acceptors (Lipinski definition) is 5. The van der Waals surface area contributed by atoms with Crippen molar-refractivity contribution in [3.63, 3.8) is 0 Å². The maximum atomic E-state index is 12.8. The molecule has 20 heavy (non-hydrogen) atoms. The van der Waals surface area contributed by atoms with Crippen molar-refractivity contribution in [1.29, 1.82) is 0 Å². The first-order valence-corrected chi connectivity index (χ1v) is 8.48. The molecule has 0 spiro atoms. The average molecular weight is 333 g/mol. The summed E-state index contributed by atoms with van der Waals surface area (Å²) in [5.74, 6) is -6.48. The molecule has 1 aromatic carbocycles. The van der Waals surface area contributed by atoms with Crippen molar-refractivity contribution in [2.45, 2.75) is 0 Å². The predicted octanol–water partition coefficient (Wildman–Crippen LogP) is 0.362. The quantitative estimate of drug-likeness (QED) is 0.600. The molecule has 114 valence electrons. The third kappa shape index (κ3) is 5.35. The largest absolute Gasteiger partial charge is 0.382 e. The fourth-order valence-corrected chi connectivity index (χ4v) is 2.55. The molecule has 0 aliphatic carbocycles. The van der Waals surface area contributed by atoms with Gasteiger partial charge in [0.25, 0.3) is 0 Å². The molecule has 0 saturated carbocycles. The highest BCUT2D eigenvalue weighted by Crippen LogP contribution is 2.20. The van der Waals surface area contributed by atoms with E-state index in [1.165, 1.54) is 0 Å². The van der Waals surface area contributed by atoms with E-state index in [1.807, 2.05) is 4.72 Å². The summed E-state index contributed by atoms with van der Waals surface area (Å²) in [6, 6.07) is 0.722. The molecule has 0 unspecified atom stereocenters. The van der Waals surface area contributed by atoms with Gasteiger partial charge in [0, 0.05) is 18.7 Å². The molecule has 0 radical (unpaired) electrons. The Hall–Kier alpha value is -1.33. The molecule has 1 aromatic rings. The van der Waals surface area contributed by atoms with Gasteiger partial charge >= 0.3 is 10.1 Å². The standard InChI is InChI=1S/C9H10F3NO5S2/c1-19(14,15)13-2-3-20(16,17)18-6-4-7(10)9(12)8(11)5-6/h4-5,13H,2-3H2,1H3. The molecule has 6 nitrogen and oxygen atoms in total. The highest BCUT2D eigenvalue weighted by atomic mass is 32.2. The van der Waals surface area contributed by atoms with Crippen LogP contribution < -0.4 is 8.91 Å². The lowest BCUT2D eigenvalue weighted by molar-refractivity contribution is 0.432. The highest BCUT2D eigenvalue weighted by molar-refractivity contribution is 7.89. The van der Waals surface area contributed by atoms with Crippen molar-refractivity contribution in [3.8, 4) is 5.75 Å². The summed E-state index contributed by atoms with van der Waals surface area (Å²) < 4.78 is 88.8. The van der Waals surface area contributed by atoms with Crippen molar-refractivity contribution >= 4 is 20.1 Å². The van der Waals surface area contributed by atoms with Crippen LogP contribution in [0.1, 0.15) is 0 Å². The lowest BCUT2D eigenvalue weighted by Crippen LogP contribution is -2.29. The lowest BCUT2D eigenvalue weighted by atomic mass is 10.3. The van der Waals surface area contributed by atoms with Gasteiger partial charge in [-0.25, -0.2) is 26.3 Å². The number of hydrogen-bond donors (Lipinski definition) is 1. The lowest BCUT2D eigenvalue weighted by Gasteiger charge is -2.08. The van der Waals surface area contributed by atoms with E-state index in [1.54, 1.807) is 0 Å². The molecular weight excluding hydrogens is 323 g/mol. The monoisotopic (exact) mass is 333 g/mol. The fraction of sp³-hybridized carbons (Fsp3) is 0.333. The topological polar surface area (TPSA) is 89.5 Å². The minimum Gasteiger partial charge on any atom is -0.382 e. The Labute approximate surface area is 113 Å². The van der Waals surface area contributed by atoms with Gasteiger partial charge in [-0.15, -0.1) is 0 Å². The summed E-state index contributed by atoms with van der Waals surface area (Å²) in [4.78, 5) is 0. The second kappa shape index (κ2) is 5.97. The van der Waals surface area contributed by atoms with Gasteiger partial charge in [-0.1, -0.05) is 0 Å². The van der Waals surface area contributed by atoms with Crippen LogP contribution in [-0.4, -0.2) is 35.4 Å². The summed E-state index contributed by atoms with van der Waals surface area (Å²) in [6.07, 6.45) is 0.825. The molecular formula is C9H10F3NO5S2. The SMILES string of the molecule is CS(=O)(=O)NCCS(=O)(=O)Oc1cc(F)c(F)c(F)c1. The van der Waals surface area contributed by atoms with E-state index >= 15 is 0 Å². The Bertz CT molecular complexity index is 679. The third-order valence-electron chi connectivity index (χ3n) is 1.90. The van der Waals surface area contributed by atoms with Crippen LogP contribution in [0, 0.1) is 17.5 Å². The van der Waals surface area contributed by atoms with Gasteiger partial charge in [0.2, 0.25) is 10.0 Å². The van der Waals surface area contributed by atoms with Crippen LogP contribution in [0.2, 0.25) is 0 Å². The van der Waals surface area contributed by atoms with E-state index < -0.39 is 55.6 Å². The molecule has 1 N–H and O–H groups in total. The molecule has 0 fully saturated rings. The van der Waals surface area contributed by atoms with E-state index in [2.05, 4.69) is 4.18 Å². The first-order valence-electron chi connectivity index (χ1n) is 5.01. The molecule has 0 bridgehead atoms. The van der Waals surface area contributed by atoms with E-state index in [-0.39, 0.29) is 0 Å². The molecule has 0 heterocycles. The minimum atomic E-state index is -4.29. The van der Waals surface area contributed by atoms with Gasteiger partial charge in [-0.3, -0.25) is 0 Å². The van der Waals surface area contributed by atoms with Crippen LogP contribution in [0.4, 0.5) is 13.2 Å². The summed E-state index contributed by atoms with van der Waals surface area (Å²) in [5.41, 5.74) is 0. The van der Waals surface area contributed by atoms with Crippen molar-refractivity contribution in [2.24, 2.45) is 0 Å². The van der Waals surface area contributed by atoms with Crippen molar-refractivity contribution in [2.75, 3.05) is 18.6 Å². The zero-order valence-corrected chi connectivity index (χ0v) is 11.7. The van der Waals surface area contributed by atoms with Crippen LogP contribution >= 0.6 is 0 Å². The summed E-state index contributed by atoms with van der Waals surface area (Å²) in [6.45, 7) is -0.479. The molecule has 0 aliphatic heterocycles. The van der Waals surface area contributed by atoms with Crippen LogP contribution in [0.15, 0.2) is 12.1 Å². The second-order valence-corrected chi connectivity index (χ2v) is 7.24. The van der Waals surface area contributed by atoms with E-state index in [0.29, 0.717) is 12.1 Å². The van der Waals surface area contributed by atoms with Crippen molar-refractivity contribution in [3.05, 3.63) is 29.6 Å². The number of halogens is 3. The number of nitrogens with one attached hydrogen (secondary N) is 1. The van der Waals surface area contributed by atoms with E-state index in [0.717, 1.165) is 6.26 Å². The minimum absolute atomic E-state index is 0.361. The van der Waals surface area contributed by atoms with Gasteiger partial charge in [0.1, 0.15) is 5.75 Å². The molecule has 1 rings (SSSR count). The first-order chi connectivity index (χ1) is 9.00.